The van der Waals surface area contributed by atoms with Crippen LogP contribution in [0.1, 0.15) is 92.7 Å². The molecule has 48 heavy (non-hydrogen) atoms. The lowest BCUT2D eigenvalue weighted by Gasteiger charge is -2.41. The average Bonchev–Trinajstić information content (AvgIpc) is 3.14. The van der Waals surface area contributed by atoms with Crippen LogP contribution in [0.3, 0.4) is 0 Å². The van der Waals surface area contributed by atoms with Crippen molar-refractivity contribution in [2.45, 2.75) is 103 Å². The van der Waals surface area contributed by atoms with E-state index in [1.54, 1.807) is 11.9 Å². The number of hydrogen-bond donors (Lipinski definition) is 3. The standard InChI is InChI=1S/C38H46N4O4.C2H6/c1-39-23-35(43)41-36(28-14-6-3-7-15-28)38(45)42-24-30-21-31(46-25-26-11-4-2-5-12-26)20-19-29(30)22-34(42)37(44)40-33-18-10-16-27-13-8-9-17-32(27)33;1-2/h2,4-5,8-9,11-13,17,19-21,28,33-34,36,39H,3,6-7,10,14-16,18,22-25H2,1H3,(H,40,44)(H,41,43);1-2H3. The number of ether oxygens (including phenoxy) is 1. The van der Waals surface area contributed by atoms with Gasteiger partial charge in [0.2, 0.25) is 17.7 Å². The molecule has 0 aromatic heterocycles. The first-order valence-electron chi connectivity index (χ1n) is 17.9. The quantitative estimate of drug-likeness (QED) is 0.249. The highest BCUT2D eigenvalue weighted by Crippen LogP contribution is 2.34. The van der Waals surface area contributed by atoms with Crippen LogP contribution in [0, 0.1) is 5.92 Å². The molecule has 0 saturated heterocycles. The molecule has 256 valence electrons. The normalized spacial score (nSPS) is 19.4. The number of carbonyl (C=O) groups excluding carboxylic acids is 3. The SMILES string of the molecule is CC.CNCC(=O)NC(C(=O)N1Cc2cc(OCc3ccccc3)ccc2CC1C(=O)NC1CCCc2ccccc21)C1CCCCC1. The van der Waals surface area contributed by atoms with Gasteiger partial charge in [0.15, 0.2) is 0 Å². The molecule has 3 atom stereocenters. The Labute approximate surface area is 286 Å². The van der Waals surface area contributed by atoms with E-state index in [0.717, 1.165) is 79.4 Å². The summed E-state index contributed by atoms with van der Waals surface area (Å²) in [4.78, 5) is 43.4. The summed E-state index contributed by atoms with van der Waals surface area (Å²) >= 11 is 0. The Hall–Kier alpha value is -4.17. The first-order chi connectivity index (χ1) is 23.5. The van der Waals surface area contributed by atoms with Gasteiger partial charge >= 0.3 is 0 Å². The molecule has 3 amide bonds. The van der Waals surface area contributed by atoms with Crippen molar-refractivity contribution in [2.24, 2.45) is 5.92 Å². The number of fused-ring (bicyclic) bond motifs is 2. The van der Waals surface area contributed by atoms with Crippen molar-refractivity contribution in [3.05, 3.63) is 101 Å². The lowest BCUT2D eigenvalue weighted by molar-refractivity contribution is -0.146. The third-order valence-corrected chi connectivity index (χ3v) is 9.87. The fourth-order valence-electron chi connectivity index (χ4n) is 7.44. The summed E-state index contributed by atoms with van der Waals surface area (Å²) in [5.74, 6) is 0.233. The number of likely N-dealkylation sites (N-methyl/N-ethyl adjacent to an activating group) is 1. The maximum absolute atomic E-state index is 14.6. The van der Waals surface area contributed by atoms with Crippen LogP contribution in [0.15, 0.2) is 72.8 Å². The van der Waals surface area contributed by atoms with Gasteiger partial charge in [0.1, 0.15) is 24.4 Å². The van der Waals surface area contributed by atoms with Gasteiger partial charge in [0, 0.05) is 13.0 Å². The second-order valence-corrected chi connectivity index (χ2v) is 13.0. The lowest BCUT2D eigenvalue weighted by atomic mass is 9.82. The summed E-state index contributed by atoms with van der Waals surface area (Å²) in [7, 11) is 1.72. The highest BCUT2D eigenvalue weighted by Gasteiger charge is 2.41. The number of rotatable bonds is 10. The summed E-state index contributed by atoms with van der Waals surface area (Å²) in [6.07, 6.45) is 8.26. The van der Waals surface area contributed by atoms with Gasteiger partial charge in [-0.2, -0.15) is 0 Å². The van der Waals surface area contributed by atoms with Crippen LogP contribution in [0.25, 0.3) is 0 Å². The van der Waals surface area contributed by atoms with E-state index in [1.807, 2.05) is 74.5 Å². The fraction of sp³-hybridized carbons (Fsp3) is 0.475. The van der Waals surface area contributed by atoms with Crippen molar-refractivity contribution < 1.29 is 19.1 Å². The van der Waals surface area contributed by atoms with E-state index < -0.39 is 12.1 Å². The molecule has 8 nitrogen and oxygen atoms in total. The Bertz CT molecular complexity index is 1520. The molecular weight excluding hydrogens is 600 g/mol. The predicted molar refractivity (Wildman–Crippen MR) is 189 cm³/mol. The Morgan fingerprint density at radius 2 is 1.60 bits per heavy atom. The van der Waals surface area contributed by atoms with Crippen molar-refractivity contribution in [2.75, 3.05) is 13.6 Å². The topological polar surface area (TPSA) is 99.8 Å². The number of nitrogens with one attached hydrogen (secondary N) is 3. The fourth-order valence-corrected chi connectivity index (χ4v) is 7.44. The molecule has 1 saturated carbocycles. The number of benzene rings is 3. The Morgan fingerprint density at radius 1 is 0.854 bits per heavy atom. The second kappa shape index (κ2) is 17.3. The van der Waals surface area contributed by atoms with Crippen molar-refractivity contribution >= 4 is 17.7 Å². The molecule has 0 radical (unpaired) electrons. The summed E-state index contributed by atoms with van der Waals surface area (Å²) in [5, 5.41) is 9.30. The molecule has 1 fully saturated rings. The molecule has 2 aliphatic carbocycles. The molecular formula is C40H52N4O4. The summed E-state index contributed by atoms with van der Waals surface area (Å²) < 4.78 is 6.14. The minimum Gasteiger partial charge on any atom is -0.489 e. The molecule has 8 heteroatoms. The van der Waals surface area contributed by atoms with Gasteiger partial charge in [-0.3, -0.25) is 14.4 Å². The van der Waals surface area contributed by atoms with Gasteiger partial charge in [-0.1, -0.05) is 93.8 Å². The minimum atomic E-state index is -0.683. The zero-order valence-corrected chi connectivity index (χ0v) is 28.8. The van der Waals surface area contributed by atoms with Gasteiger partial charge < -0.3 is 25.6 Å². The van der Waals surface area contributed by atoms with Crippen LogP contribution in [0.5, 0.6) is 5.75 Å². The highest BCUT2D eigenvalue weighted by atomic mass is 16.5. The largest absolute Gasteiger partial charge is 0.489 e. The van der Waals surface area contributed by atoms with Gasteiger partial charge in [-0.25, -0.2) is 0 Å². The first kappa shape index (κ1) is 35.1. The maximum Gasteiger partial charge on any atom is 0.246 e. The van der Waals surface area contributed by atoms with Gasteiger partial charge in [-0.05, 0) is 85.0 Å². The molecule has 3 unspecified atom stereocenters. The number of nitrogens with zero attached hydrogens (tertiary/aromatic N) is 1. The van der Waals surface area contributed by atoms with E-state index in [9.17, 15) is 14.4 Å². The Morgan fingerprint density at radius 3 is 2.38 bits per heavy atom. The number of aryl methyl sites for hydroxylation is 1. The van der Waals surface area contributed by atoms with E-state index in [-0.39, 0.29) is 42.8 Å². The van der Waals surface area contributed by atoms with Crippen LogP contribution in [-0.2, 0) is 40.4 Å². The van der Waals surface area contributed by atoms with Crippen LogP contribution < -0.4 is 20.7 Å². The van der Waals surface area contributed by atoms with E-state index in [2.05, 4.69) is 28.1 Å². The van der Waals surface area contributed by atoms with E-state index in [1.165, 1.54) is 5.56 Å². The predicted octanol–water partition coefficient (Wildman–Crippen LogP) is 6.02. The number of carbonyl (C=O) groups is 3. The van der Waals surface area contributed by atoms with Crippen LogP contribution in [0.4, 0.5) is 0 Å². The number of amides is 3. The lowest BCUT2D eigenvalue weighted by Crippen LogP contribution is -2.60. The van der Waals surface area contributed by atoms with E-state index in [4.69, 9.17) is 4.74 Å². The van der Waals surface area contributed by atoms with Crippen LogP contribution in [0.2, 0.25) is 0 Å². The van der Waals surface area contributed by atoms with Crippen LogP contribution in [-0.4, -0.2) is 48.3 Å². The second-order valence-electron chi connectivity index (χ2n) is 13.0. The van der Waals surface area contributed by atoms with Crippen LogP contribution >= 0.6 is 0 Å². The summed E-state index contributed by atoms with van der Waals surface area (Å²) in [6.45, 7) is 4.85. The Balaban J connectivity index is 0.00000221. The third-order valence-electron chi connectivity index (χ3n) is 9.87. The molecule has 3 aromatic rings. The maximum atomic E-state index is 14.6. The minimum absolute atomic E-state index is 0.0397. The molecule has 1 heterocycles. The molecule has 1 aliphatic heterocycles. The molecule has 3 aromatic carbocycles. The third kappa shape index (κ3) is 8.64. The zero-order chi connectivity index (χ0) is 33.9. The summed E-state index contributed by atoms with van der Waals surface area (Å²) in [5.41, 5.74) is 5.51. The van der Waals surface area contributed by atoms with Crippen molar-refractivity contribution in [3.8, 4) is 5.75 Å². The monoisotopic (exact) mass is 652 g/mol. The van der Waals surface area contributed by atoms with Crippen molar-refractivity contribution in [3.63, 3.8) is 0 Å². The van der Waals surface area contributed by atoms with Gasteiger partial charge in [0.25, 0.3) is 0 Å². The van der Waals surface area contributed by atoms with E-state index in [0.29, 0.717) is 13.0 Å². The molecule has 3 aliphatic rings. The zero-order valence-electron chi connectivity index (χ0n) is 28.8. The van der Waals surface area contributed by atoms with Crippen molar-refractivity contribution in [1.82, 2.24) is 20.9 Å². The molecule has 3 N–H and O–H groups in total. The summed E-state index contributed by atoms with van der Waals surface area (Å²) in [6, 6.07) is 22.9. The Kier molecular flexibility index (Phi) is 12.7. The van der Waals surface area contributed by atoms with Gasteiger partial charge in [0.05, 0.1) is 12.6 Å². The highest BCUT2D eigenvalue weighted by molar-refractivity contribution is 5.93. The molecule has 0 bridgehead atoms. The first-order valence-corrected chi connectivity index (χ1v) is 17.9. The molecule has 0 spiro atoms. The van der Waals surface area contributed by atoms with E-state index >= 15 is 0 Å². The average molecular weight is 653 g/mol. The smallest absolute Gasteiger partial charge is 0.246 e. The number of hydrogen-bond acceptors (Lipinski definition) is 5. The van der Waals surface area contributed by atoms with Crippen molar-refractivity contribution in [1.29, 1.82) is 0 Å². The van der Waals surface area contributed by atoms with Gasteiger partial charge in [-0.15, -0.1) is 0 Å². The molecule has 6 rings (SSSR count).